The number of amides is 2. The quantitative estimate of drug-likeness (QED) is 0.511. The Morgan fingerprint density at radius 1 is 1.19 bits per heavy atom. The Labute approximate surface area is 155 Å². The van der Waals surface area contributed by atoms with Gasteiger partial charge in [0.15, 0.2) is 5.11 Å². The van der Waals surface area contributed by atoms with Gasteiger partial charge in [-0.05, 0) is 55.0 Å². The zero-order valence-electron chi connectivity index (χ0n) is 13.9. The lowest BCUT2D eigenvalue weighted by Gasteiger charge is -2.29. The monoisotopic (exact) mass is 370 g/mol. The molecule has 7 heteroatoms. The molecule has 0 aromatic heterocycles. The summed E-state index contributed by atoms with van der Waals surface area (Å²) in [6.45, 7) is 2.33. The van der Waals surface area contributed by atoms with E-state index >= 15 is 0 Å². The van der Waals surface area contributed by atoms with E-state index in [0.29, 0.717) is 23.6 Å². The summed E-state index contributed by atoms with van der Waals surface area (Å²) in [5.74, 6) is -0.970. The topological polar surface area (TPSA) is 58.6 Å². The van der Waals surface area contributed by atoms with Crippen molar-refractivity contribution >= 4 is 40.9 Å². The van der Waals surface area contributed by atoms with Gasteiger partial charge in [-0.3, -0.25) is 19.8 Å². The molecule has 5 nitrogen and oxygen atoms in total. The van der Waals surface area contributed by atoms with Crippen molar-refractivity contribution in [1.29, 1.82) is 0 Å². The minimum absolute atomic E-state index is 0.00935. The number of rotatable bonds is 4. The zero-order chi connectivity index (χ0) is 18.7. The number of nitrogens with one attached hydrogen (secondary N) is 1. The van der Waals surface area contributed by atoms with Gasteiger partial charge in [0.05, 0.1) is 12.3 Å². The maximum atomic E-state index is 13.0. The van der Waals surface area contributed by atoms with Gasteiger partial charge >= 0.3 is 0 Å². The van der Waals surface area contributed by atoms with Crippen LogP contribution in [0.4, 0.5) is 10.1 Å². The van der Waals surface area contributed by atoms with Gasteiger partial charge in [0.1, 0.15) is 17.1 Å². The molecule has 26 heavy (non-hydrogen) atoms. The summed E-state index contributed by atoms with van der Waals surface area (Å²) in [6, 6.07) is 12.3. The highest BCUT2D eigenvalue weighted by molar-refractivity contribution is 7.80. The van der Waals surface area contributed by atoms with E-state index in [9.17, 15) is 14.0 Å². The summed E-state index contributed by atoms with van der Waals surface area (Å²) < 4.78 is 18.5. The van der Waals surface area contributed by atoms with Crippen molar-refractivity contribution in [2.75, 3.05) is 11.5 Å². The molecule has 2 aromatic rings. The number of hydrogen-bond acceptors (Lipinski definition) is 4. The second kappa shape index (κ2) is 7.45. The van der Waals surface area contributed by atoms with E-state index < -0.39 is 17.6 Å². The first-order valence-corrected chi connectivity index (χ1v) is 8.30. The van der Waals surface area contributed by atoms with Gasteiger partial charge in [-0.1, -0.05) is 18.2 Å². The first kappa shape index (κ1) is 17.8. The molecule has 1 aliphatic heterocycles. The molecule has 1 fully saturated rings. The number of nitrogens with zero attached hydrogens (tertiary/aromatic N) is 1. The number of benzene rings is 2. The van der Waals surface area contributed by atoms with Gasteiger partial charge in [-0.25, -0.2) is 4.39 Å². The average molecular weight is 370 g/mol. The fourth-order valence-corrected chi connectivity index (χ4v) is 2.78. The number of halogens is 1. The zero-order valence-corrected chi connectivity index (χ0v) is 14.7. The molecule has 0 bridgehead atoms. The summed E-state index contributed by atoms with van der Waals surface area (Å²) in [5, 5.41) is 2.50. The first-order chi connectivity index (χ1) is 12.5. The molecule has 1 aliphatic rings. The van der Waals surface area contributed by atoms with E-state index in [2.05, 4.69) is 5.32 Å². The molecule has 1 saturated heterocycles. The van der Waals surface area contributed by atoms with Gasteiger partial charge < -0.3 is 4.74 Å². The third-order valence-corrected chi connectivity index (χ3v) is 3.95. The molecule has 1 heterocycles. The molecule has 0 spiro atoms. The van der Waals surface area contributed by atoms with E-state index in [1.165, 1.54) is 35.2 Å². The highest BCUT2D eigenvalue weighted by Gasteiger charge is 2.34. The van der Waals surface area contributed by atoms with E-state index in [1.54, 1.807) is 24.3 Å². The maximum absolute atomic E-state index is 13.0. The molecule has 0 atom stereocenters. The lowest BCUT2D eigenvalue weighted by Crippen LogP contribution is -2.54. The summed E-state index contributed by atoms with van der Waals surface area (Å²) in [6.07, 6.45) is 1.40. The van der Waals surface area contributed by atoms with Crippen LogP contribution in [0.5, 0.6) is 5.75 Å². The van der Waals surface area contributed by atoms with Crippen LogP contribution in [-0.2, 0) is 9.59 Å². The minimum atomic E-state index is -0.596. The van der Waals surface area contributed by atoms with Gasteiger partial charge in [0, 0.05) is 6.07 Å². The van der Waals surface area contributed by atoms with Gasteiger partial charge in [0.25, 0.3) is 11.8 Å². The van der Waals surface area contributed by atoms with Crippen molar-refractivity contribution in [3.63, 3.8) is 0 Å². The van der Waals surface area contributed by atoms with Crippen molar-refractivity contribution in [3.8, 4) is 5.75 Å². The molecule has 132 valence electrons. The van der Waals surface area contributed by atoms with Crippen LogP contribution in [0.1, 0.15) is 12.5 Å². The van der Waals surface area contributed by atoms with Crippen molar-refractivity contribution in [1.82, 2.24) is 5.32 Å². The number of carbonyl (C=O) groups excluding carboxylic acids is 2. The molecule has 2 amide bonds. The summed E-state index contributed by atoms with van der Waals surface area (Å²) in [5.41, 5.74) is 0.920. The molecule has 0 saturated carbocycles. The number of carbonyl (C=O) groups is 2. The normalized spacial score (nSPS) is 16.0. The second-order valence-electron chi connectivity index (χ2n) is 5.44. The second-order valence-corrected chi connectivity index (χ2v) is 5.83. The number of hydrogen-bond donors (Lipinski definition) is 1. The molecule has 1 N–H and O–H groups in total. The van der Waals surface area contributed by atoms with Crippen LogP contribution in [0.15, 0.2) is 54.1 Å². The fourth-order valence-electron chi connectivity index (χ4n) is 2.50. The third kappa shape index (κ3) is 3.62. The average Bonchev–Trinajstić information content (AvgIpc) is 2.61. The molecule has 0 aliphatic carbocycles. The van der Waals surface area contributed by atoms with Gasteiger partial charge in [-0.15, -0.1) is 0 Å². The highest BCUT2D eigenvalue weighted by Crippen LogP contribution is 2.25. The summed E-state index contributed by atoms with van der Waals surface area (Å²) >= 11 is 5.16. The summed E-state index contributed by atoms with van der Waals surface area (Å²) in [7, 11) is 0. The van der Waals surface area contributed by atoms with E-state index in [-0.39, 0.29) is 10.7 Å². The Kier molecular flexibility index (Phi) is 5.09. The maximum Gasteiger partial charge on any atom is 0.270 e. The Morgan fingerprint density at radius 3 is 2.62 bits per heavy atom. The van der Waals surface area contributed by atoms with Gasteiger partial charge in [0.2, 0.25) is 0 Å². The lowest BCUT2D eigenvalue weighted by molar-refractivity contribution is -0.122. The Balaban J connectivity index is 1.98. The number of anilines is 1. The van der Waals surface area contributed by atoms with Crippen LogP contribution < -0.4 is 15.0 Å². The fraction of sp³-hybridized carbons (Fsp3) is 0.105. The van der Waals surface area contributed by atoms with Crippen LogP contribution in [0.25, 0.3) is 6.08 Å². The van der Waals surface area contributed by atoms with E-state index in [4.69, 9.17) is 17.0 Å². The molecular weight excluding hydrogens is 355 g/mol. The van der Waals surface area contributed by atoms with E-state index in [1.807, 2.05) is 6.92 Å². The van der Waals surface area contributed by atoms with Crippen LogP contribution in [0.2, 0.25) is 0 Å². The molecule has 2 aromatic carbocycles. The molecule has 0 radical (unpaired) electrons. The van der Waals surface area contributed by atoms with Gasteiger partial charge in [-0.2, -0.15) is 0 Å². The predicted molar refractivity (Wildman–Crippen MR) is 100 cm³/mol. The first-order valence-electron chi connectivity index (χ1n) is 7.89. The van der Waals surface area contributed by atoms with Crippen LogP contribution in [-0.4, -0.2) is 23.5 Å². The molecule has 3 rings (SSSR count). The number of ether oxygens (including phenoxy) is 1. The largest absolute Gasteiger partial charge is 0.494 e. The molecular formula is C19H15FN2O3S. The Hall–Kier alpha value is -3.06. The predicted octanol–water partition coefficient (Wildman–Crippen LogP) is 3.06. The van der Waals surface area contributed by atoms with E-state index in [0.717, 1.165) is 0 Å². The SMILES string of the molecule is CCOc1cccc(N2C(=O)/C(=C/c3ccc(F)cc3)C(=O)NC2=S)c1. The summed E-state index contributed by atoms with van der Waals surface area (Å²) in [4.78, 5) is 26.3. The smallest absolute Gasteiger partial charge is 0.270 e. The highest BCUT2D eigenvalue weighted by atomic mass is 32.1. The van der Waals surface area contributed by atoms with Crippen molar-refractivity contribution in [2.24, 2.45) is 0 Å². The van der Waals surface area contributed by atoms with Crippen LogP contribution in [0.3, 0.4) is 0 Å². The van der Waals surface area contributed by atoms with Crippen molar-refractivity contribution in [2.45, 2.75) is 6.92 Å². The standard InChI is InChI=1S/C19H15FN2O3S/c1-2-25-15-5-3-4-14(11-15)22-18(24)16(17(23)21-19(22)26)10-12-6-8-13(20)9-7-12/h3-11H,2H2,1H3,(H,21,23,26)/b16-10+. The van der Waals surface area contributed by atoms with Crippen molar-refractivity contribution in [3.05, 3.63) is 65.5 Å². The lowest BCUT2D eigenvalue weighted by atomic mass is 10.1. The Bertz CT molecular complexity index is 909. The minimum Gasteiger partial charge on any atom is -0.494 e. The van der Waals surface area contributed by atoms with Crippen LogP contribution in [0, 0.1) is 5.82 Å². The van der Waals surface area contributed by atoms with Crippen LogP contribution >= 0.6 is 12.2 Å². The molecule has 0 unspecified atom stereocenters. The third-order valence-electron chi connectivity index (χ3n) is 3.67. The number of thiocarbonyl (C=S) groups is 1. The van der Waals surface area contributed by atoms with Crippen molar-refractivity contribution < 1.29 is 18.7 Å². The Morgan fingerprint density at radius 2 is 1.92 bits per heavy atom.